The first-order chi connectivity index (χ1) is 13.4. The van der Waals surface area contributed by atoms with Crippen LogP contribution < -0.4 is 16.4 Å². The Kier molecular flexibility index (Phi) is 7.21. The fourth-order valence-electron chi connectivity index (χ4n) is 2.63. The molecule has 1 aliphatic rings. The first-order valence-corrected chi connectivity index (χ1v) is 8.76. The summed E-state index contributed by atoms with van der Waals surface area (Å²) in [5.41, 5.74) is 6.29. The van der Waals surface area contributed by atoms with E-state index in [-0.39, 0.29) is 19.6 Å². The lowest BCUT2D eigenvalue weighted by Crippen LogP contribution is -2.59. The van der Waals surface area contributed by atoms with E-state index in [4.69, 9.17) is 5.73 Å². The van der Waals surface area contributed by atoms with Crippen LogP contribution in [0.1, 0.15) is 18.5 Å². The van der Waals surface area contributed by atoms with E-state index in [9.17, 15) is 24.0 Å². The van der Waals surface area contributed by atoms with Crippen molar-refractivity contribution in [3.63, 3.8) is 0 Å². The van der Waals surface area contributed by atoms with Crippen molar-refractivity contribution in [1.82, 2.24) is 20.4 Å². The summed E-state index contributed by atoms with van der Waals surface area (Å²) in [6.07, 6.45) is 1.72. The molecule has 1 aromatic carbocycles. The highest BCUT2D eigenvalue weighted by molar-refractivity contribution is 6.38. The van der Waals surface area contributed by atoms with E-state index in [1.165, 1.54) is 4.90 Å². The fourth-order valence-corrected chi connectivity index (χ4v) is 2.63. The molecule has 5 amide bonds. The molecule has 0 saturated carbocycles. The SMILES string of the molecule is CCN1CCN(C(=O)NCC(N)C(=O)NC([C]=O)c2ccccc2)C(=O)C1=O. The Morgan fingerprint density at radius 3 is 2.46 bits per heavy atom. The first-order valence-electron chi connectivity index (χ1n) is 8.76. The molecular weight excluding hydrogens is 366 g/mol. The van der Waals surface area contributed by atoms with Crippen molar-refractivity contribution in [3.8, 4) is 0 Å². The van der Waals surface area contributed by atoms with E-state index in [0.717, 1.165) is 4.90 Å². The molecule has 149 valence electrons. The molecule has 2 unspecified atom stereocenters. The quantitative estimate of drug-likeness (QED) is 0.495. The maximum Gasteiger partial charge on any atom is 0.324 e. The van der Waals surface area contributed by atoms with Gasteiger partial charge in [-0.25, -0.2) is 4.79 Å². The monoisotopic (exact) mass is 388 g/mol. The van der Waals surface area contributed by atoms with Gasteiger partial charge in [-0.1, -0.05) is 30.3 Å². The van der Waals surface area contributed by atoms with Gasteiger partial charge in [0, 0.05) is 26.2 Å². The Bertz CT molecular complexity index is 754. The van der Waals surface area contributed by atoms with Crippen LogP contribution in [0.15, 0.2) is 30.3 Å². The summed E-state index contributed by atoms with van der Waals surface area (Å²) in [5, 5.41) is 4.79. The normalized spacial score (nSPS) is 16.4. The van der Waals surface area contributed by atoms with Gasteiger partial charge >= 0.3 is 17.8 Å². The van der Waals surface area contributed by atoms with Gasteiger partial charge in [0.15, 0.2) is 0 Å². The molecule has 1 aliphatic heterocycles. The summed E-state index contributed by atoms with van der Waals surface area (Å²) < 4.78 is 0. The first kappa shape index (κ1) is 21.0. The maximum atomic E-state index is 12.2. The van der Waals surface area contributed by atoms with E-state index in [1.54, 1.807) is 43.5 Å². The van der Waals surface area contributed by atoms with E-state index < -0.39 is 35.8 Å². The van der Waals surface area contributed by atoms with Crippen LogP contribution in [0.25, 0.3) is 0 Å². The van der Waals surface area contributed by atoms with Crippen molar-refractivity contribution >= 4 is 30.0 Å². The molecule has 0 aliphatic carbocycles. The van der Waals surface area contributed by atoms with Gasteiger partial charge in [-0.05, 0) is 12.5 Å². The van der Waals surface area contributed by atoms with Crippen LogP contribution in [-0.2, 0) is 19.2 Å². The second-order valence-electron chi connectivity index (χ2n) is 6.10. The van der Waals surface area contributed by atoms with Gasteiger partial charge in [-0.15, -0.1) is 0 Å². The number of benzene rings is 1. The van der Waals surface area contributed by atoms with Crippen molar-refractivity contribution < 1.29 is 24.0 Å². The van der Waals surface area contributed by atoms with Gasteiger partial charge in [0.25, 0.3) is 0 Å². The van der Waals surface area contributed by atoms with Crippen LogP contribution in [0.3, 0.4) is 0 Å². The Hall–Kier alpha value is -3.27. The maximum absolute atomic E-state index is 12.2. The number of urea groups is 1. The van der Waals surface area contributed by atoms with Gasteiger partial charge in [-0.3, -0.25) is 24.1 Å². The number of imide groups is 1. The van der Waals surface area contributed by atoms with Crippen molar-refractivity contribution in [2.24, 2.45) is 5.73 Å². The van der Waals surface area contributed by atoms with Crippen molar-refractivity contribution in [2.75, 3.05) is 26.2 Å². The number of carbonyl (C=O) groups excluding carboxylic acids is 5. The third-order valence-electron chi connectivity index (χ3n) is 4.28. The molecule has 1 aromatic rings. The van der Waals surface area contributed by atoms with Gasteiger partial charge < -0.3 is 21.3 Å². The van der Waals surface area contributed by atoms with Gasteiger partial charge in [0.2, 0.25) is 12.2 Å². The van der Waals surface area contributed by atoms with Crippen LogP contribution in [0.5, 0.6) is 0 Å². The molecule has 10 heteroatoms. The average Bonchev–Trinajstić information content (AvgIpc) is 2.72. The fraction of sp³-hybridized carbons (Fsp3) is 0.389. The van der Waals surface area contributed by atoms with E-state index in [2.05, 4.69) is 10.6 Å². The van der Waals surface area contributed by atoms with Crippen LogP contribution >= 0.6 is 0 Å². The number of nitrogens with zero attached hydrogens (tertiary/aromatic N) is 2. The molecule has 2 rings (SSSR count). The van der Waals surface area contributed by atoms with Crippen LogP contribution in [0.2, 0.25) is 0 Å². The van der Waals surface area contributed by atoms with Gasteiger partial charge in [0.1, 0.15) is 12.1 Å². The lowest BCUT2D eigenvalue weighted by molar-refractivity contribution is -0.153. The molecule has 1 saturated heterocycles. The lowest BCUT2D eigenvalue weighted by Gasteiger charge is -2.31. The molecule has 2 atom stereocenters. The zero-order chi connectivity index (χ0) is 20.7. The molecule has 28 heavy (non-hydrogen) atoms. The van der Waals surface area contributed by atoms with Crippen LogP contribution in [-0.4, -0.2) is 72.1 Å². The summed E-state index contributed by atoms with van der Waals surface area (Å²) in [6.45, 7) is 2.14. The Morgan fingerprint density at radius 1 is 1.18 bits per heavy atom. The molecule has 1 radical (unpaired) electrons. The number of nitrogens with one attached hydrogen (secondary N) is 2. The van der Waals surface area contributed by atoms with Crippen LogP contribution in [0, 0.1) is 0 Å². The zero-order valence-corrected chi connectivity index (χ0v) is 15.4. The third kappa shape index (κ3) is 4.92. The Morgan fingerprint density at radius 2 is 1.86 bits per heavy atom. The largest absolute Gasteiger partial charge is 0.340 e. The summed E-state index contributed by atoms with van der Waals surface area (Å²) in [7, 11) is 0. The van der Waals surface area contributed by atoms with Gasteiger partial charge in [0.05, 0.1) is 0 Å². The van der Waals surface area contributed by atoms with Crippen LogP contribution in [0.4, 0.5) is 4.79 Å². The second kappa shape index (κ2) is 9.60. The number of amides is 5. The third-order valence-corrected chi connectivity index (χ3v) is 4.28. The van der Waals surface area contributed by atoms with Crippen molar-refractivity contribution in [1.29, 1.82) is 0 Å². The molecule has 1 fully saturated rings. The van der Waals surface area contributed by atoms with E-state index in [1.807, 2.05) is 0 Å². The predicted molar refractivity (Wildman–Crippen MR) is 98.4 cm³/mol. The molecule has 0 bridgehead atoms. The Balaban J connectivity index is 1.87. The number of carbonyl (C=O) groups is 4. The molecule has 1 heterocycles. The molecule has 10 nitrogen and oxygen atoms in total. The van der Waals surface area contributed by atoms with Crippen molar-refractivity contribution in [2.45, 2.75) is 19.0 Å². The van der Waals surface area contributed by atoms with Crippen molar-refractivity contribution in [3.05, 3.63) is 35.9 Å². The minimum Gasteiger partial charge on any atom is -0.340 e. The topological polar surface area (TPSA) is 142 Å². The standard InChI is InChI=1S/C18H22N5O5/c1-2-22-8-9-23(17(27)16(22)26)18(28)20-10-13(19)15(25)21-14(11-24)12-6-4-3-5-7-12/h3-7,13-14H,2,8-10,19H2,1H3,(H,20,28)(H,21,25). The average molecular weight is 388 g/mol. The molecule has 0 aromatic heterocycles. The number of rotatable bonds is 7. The molecule has 0 spiro atoms. The molecular formula is C18H22N5O5. The highest BCUT2D eigenvalue weighted by Gasteiger charge is 2.35. The summed E-state index contributed by atoms with van der Waals surface area (Å²) >= 11 is 0. The number of piperazine rings is 1. The van der Waals surface area contributed by atoms with Gasteiger partial charge in [-0.2, -0.15) is 0 Å². The Labute approximate surface area is 162 Å². The number of hydrogen-bond donors (Lipinski definition) is 3. The predicted octanol–water partition coefficient (Wildman–Crippen LogP) is -1.32. The van der Waals surface area contributed by atoms with E-state index in [0.29, 0.717) is 12.1 Å². The minimum absolute atomic E-state index is 0.0574. The zero-order valence-electron chi connectivity index (χ0n) is 15.4. The number of hydrogen-bond acceptors (Lipinski definition) is 6. The number of nitrogens with two attached hydrogens (primary N) is 1. The summed E-state index contributed by atoms with van der Waals surface area (Å²) in [5.74, 6) is -2.35. The lowest BCUT2D eigenvalue weighted by atomic mass is 10.1. The highest BCUT2D eigenvalue weighted by Crippen LogP contribution is 2.10. The minimum atomic E-state index is -1.16. The number of likely N-dealkylation sites (N-methyl/N-ethyl adjacent to an activating group) is 1. The summed E-state index contributed by atoms with van der Waals surface area (Å²) in [6, 6.07) is 5.54. The second-order valence-corrected chi connectivity index (χ2v) is 6.10. The summed E-state index contributed by atoms with van der Waals surface area (Å²) in [4.78, 5) is 61.4. The highest BCUT2D eigenvalue weighted by atomic mass is 16.2. The van der Waals surface area contributed by atoms with E-state index >= 15 is 0 Å². The smallest absolute Gasteiger partial charge is 0.324 e. The molecule has 4 N–H and O–H groups in total.